The van der Waals surface area contributed by atoms with Gasteiger partial charge in [0.15, 0.2) is 0 Å². The van der Waals surface area contributed by atoms with Crippen molar-refractivity contribution < 1.29 is 19.1 Å². The van der Waals surface area contributed by atoms with Gasteiger partial charge in [0, 0.05) is 13.1 Å². The number of alkyl carbamates (subject to hydrolysis) is 1. The van der Waals surface area contributed by atoms with Crippen molar-refractivity contribution in [2.45, 2.75) is 118 Å². The normalized spacial score (nSPS) is 13.0. The minimum atomic E-state index is -0.840. The SMILES string of the molecule is CCCCCCN(C(=O)C(C)NC(=O)OC(C)(C)C)C(C(=O)NCCCCC)c1cc(C)cc(C)c1. The maximum Gasteiger partial charge on any atom is 0.408 e. The van der Waals surface area contributed by atoms with Gasteiger partial charge in [-0.15, -0.1) is 0 Å². The molecule has 0 saturated carbocycles. The Hall–Kier alpha value is -2.57. The molecule has 0 aliphatic carbocycles. The monoisotopic (exact) mass is 503 g/mol. The molecule has 2 N–H and O–H groups in total. The van der Waals surface area contributed by atoms with E-state index in [1.807, 2.05) is 26.0 Å². The number of rotatable bonds is 14. The van der Waals surface area contributed by atoms with Crippen LogP contribution in [0.15, 0.2) is 18.2 Å². The Bertz CT molecular complexity index is 827. The molecule has 0 bridgehead atoms. The van der Waals surface area contributed by atoms with E-state index in [4.69, 9.17) is 4.74 Å². The van der Waals surface area contributed by atoms with Crippen LogP contribution >= 0.6 is 0 Å². The zero-order chi connectivity index (χ0) is 27.3. The predicted molar refractivity (Wildman–Crippen MR) is 146 cm³/mol. The average molecular weight is 504 g/mol. The van der Waals surface area contributed by atoms with Crippen molar-refractivity contribution in [1.82, 2.24) is 15.5 Å². The molecule has 0 fully saturated rings. The lowest BCUT2D eigenvalue weighted by atomic mass is 9.98. The topological polar surface area (TPSA) is 87.7 Å². The number of amides is 3. The molecule has 2 unspecified atom stereocenters. The lowest BCUT2D eigenvalue weighted by molar-refractivity contribution is -0.142. The number of carbonyl (C=O) groups is 3. The Morgan fingerprint density at radius 3 is 2.06 bits per heavy atom. The van der Waals surface area contributed by atoms with Gasteiger partial charge in [-0.3, -0.25) is 9.59 Å². The first-order valence-corrected chi connectivity index (χ1v) is 13.6. The van der Waals surface area contributed by atoms with E-state index in [1.165, 1.54) is 0 Å². The highest BCUT2D eigenvalue weighted by molar-refractivity contribution is 5.92. The van der Waals surface area contributed by atoms with Gasteiger partial charge in [-0.25, -0.2) is 4.79 Å². The fourth-order valence-corrected chi connectivity index (χ4v) is 4.19. The summed E-state index contributed by atoms with van der Waals surface area (Å²) >= 11 is 0. The summed E-state index contributed by atoms with van der Waals surface area (Å²) < 4.78 is 5.35. The molecular formula is C29H49N3O4. The highest BCUT2D eigenvalue weighted by Crippen LogP contribution is 2.26. The lowest BCUT2D eigenvalue weighted by Crippen LogP contribution is -2.52. The van der Waals surface area contributed by atoms with Crippen molar-refractivity contribution in [3.8, 4) is 0 Å². The van der Waals surface area contributed by atoms with Crippen LogP contribution in [0.4, 0.5) is 4.79 Å². The van der Waals surface area contributed by atoms with Crippen molar-refractivity contribution in [3.63, 3.8) is 0 Å². The van der Waals surface area contributed by atoms with Crippen molar-refractivity contribution in [2.24, 2.45) is 0 Å². The van der Waals surface area contributed by atoms with E-state index in [-0.39, 0.29) is 11.8 Å². The van der Waals surface area contributed by atoms with Crippen molar-refractivity contribution in [3.05, 3.63) is 34.9 Å². The molecule has 0 aromatic heterocycles. The number of benzene rings is 1. The molecule has 0 aliphatic rings. The fourth-order valence-electron chi connectivity index (χ4n) is 4.19. The second-order valence-corrected chi connectivity index (χ2v) is 10.8. The minimum Gasteiger partial charge on any atom is -0.444 e. The Balaban J connectivity index is 3.31. The summed E-state index contributed by atoms with van der Waals surface area (Å²) in [5.41, 5.74) is 2.18. The number of ether oxygens (including phenoxy) is 1. The standard InChI is InChI=1S/C29H49N3O4/c1-9-11-13-15-17-32(27(34)23(5)31-28(35)36-29(6,7)8)25(26(33)30-16-14-12-10-2)24-19-21(3)18-22(4)20-24/h18-20,23,25H,9-17H2,1-8H3,(H,30,33)(H,31,35). The largest absolute Gasteiger partial charge is 0.444 e. The third-order valence-electron chi connectivity index (χ3n) is 5.84. The van der Waals surface area contributed by atoms with Crippen LogP contribution in [0.2, 0.25) is 0 Å². The highest BCUT2D eigenvalue weighted by Gasteiger charge is 2.34. The number of hydrogen-bond donors (Lipinski definition) is 2. The number of hydrogen-bond acceptors (Lipinski definition) is 4. The second-order valence-electron chi connectivity index (χ2n) is 10.8. The van der Waals surface area contributed by atoms with Gasteiger partial charge >= 0.3 is 6.09 Å². The Morgan fingerprint density at radius 1 is 0.917 bits per heavy atom. The smallest absolute Gasteiger partial charge is 0.408 e. The fraction of sp³-hybridized carbons (Fsp3) is 0.690. The van der Waals surface area contributed by atoms with Crippen LogP contribution in [0.5, 0.6) is 0 Å². The van der Waals surface area contributed by atoms with Crippen LogP contribution in [-0.4, -0.2) is 47.5 Å². The highest BCUT2D eigenvalue weighted by atomic mass is 16.6. The number of unbranched alkanes of at least 4 members (excludes halogenated alkanes) is 5. The molecular weight excluding hydrogens is 454 g/mol. The van der Waals surface area contributed by atoms with Gasteiger partial charge in [0.05, 0.1) is 0 Å². The second kappa shape index (κ2) is 15.5. The molecule has 0 radical (unpaired) electrons. The summed E-state index contributed by atoms with van der Waals surface area (Å²) in [6, 6.07) is 4.39. The predicted octanol–water partition coefficient (Wildman–Crippen LogP) is 5.97. The number of nitrogens with zero attached hydrogens (tertiary/aromatic N) is 1. The molecule has 1 rings (SSSR count). The van der Waals surface area contributed by atoms with E-state index in [9.17, 15) is 14.4 Å². The molecule has 7 nitrogen and oxygen atoms in total. The van der Waals surface area contributed by atoms with Crippen LogP contribution in [0.25, 0.3) is 0 Å². The van der Waals surface area contributed by atoms with Crippen molar-refractivity contribution >= 4 is 17.9 Å². The summed E-state index contributed by atoms with van der Waals surface area (Å²) in [6.45, 7) is 16.2. The zero-order valence-corrected chi connectivity index (χ0v) is 23.8. The van der Waals surface area contributed by atoms with E-state index in [2.05, 4.69) is 30.5 Å². The average Bonchev–Trinajstić information content (AvgIpc) is 2.76. The maximum atomic E-state index is 13.7. The van der Waals surface area contributed by atoms with Crippen LogP contribution in [0.1, 0.15) is 109 Å². The van der Waals surface area contributed by atoms with Gasteiger partial charge in [0.1, 0.15) is 17.7 Å². The van der Waals surface area contributed by atoms with E-state index in [0.29, 0.717) is 13.1 Å². The van der Waals surface area contributed by atoms with E-state index >= 15 is 0 Å². The van der Waals surface area contributed by atoms with Crippen LogP contribution in [0, 0.1) is 13.8 Å². The molecule has 0 spiro atoms. The number of aryl methyl sites for hydroxylation is 2. The lowest BCUT2D eigenvalue weighted by Gasteiger charge is -2.34. The number of carbonyl (C=O) groups excluding carboxylic acids is 3. The molecule has 1 aromatic carbocycles. The first-order valence-electron chi connectivity index (χ1n) is 13.6. The third kappa shape index (κ3) is 11.4. The van der Waals surface area contributed by atoms with E-state index < -0.39 is 23.8 Å². The molecule has 36 heavy (non-hydrogen) atoms. The molecule has 0 saturated heterocycles. The molecule has 7 heteroatoms. The number of nitrogens with one attached hydrogen (secondary N) is 2. The molecule has 2 atom stereocenters. The molecule has 1 aromatic rings. The third-order valence-corrected chi connectivity index (χ3v) is 5.84. The van der Waals surface area contributed by atoms with Gasteiger partial charge in [-0.2, -0.15) is 0 Å². The first kappa shape index (κ1) is 31.5. The minimum absolute atomic E-state index is 0.190. The summed E-state index contributed by atoms with van der Waals surface area (Å²) in [5, 5.41) is 5.72. The van der Waals surface area contributed by atoms with Gasteiger partial charge in [0.2, 0.25) is 11.8 Å². The van der Waals surface area contributed by atoms with Gasteiger partial charge in [-0.1, -0.05) is 75.3 Å². The summed E-state index contributed by atoms with van der Waals surface area (Å²) in [5.74, 6) is -0.491. The molecule has 0 aliphatic heterocycles. The zero-order valence-electron chi connectivity index (χ0n) is 23.8. The molecule has 0 heterocycles. The van der Waals surface area contributed by atoms with Crippen molar-refractivity contribution in [2.75, 3.05) is 13.1 Å². The van der Waals surface area contributed by atoms with Gasteiger partial charge in [0.25, 0.3) is 0 Å². The molecule has 3 amide bonds. The van der Waals surface area contributed by atoms with Crippen LogP contribution < -0.4 is 10.6 Å². The summed E-state index contributed by atoms with van der Waals surface area (Å²) in [6.07, 6.45) is 6.21. The maximum absolute atomic E-state index is 13.7. The van der Waals surface area contributed by atoms with Crippen LogP contribution in [-0.2, 0) is 14.3 Å². The molecule has 204 valence electrons. The quantitative estimate of drug-likeness (QED) is 0.306. The Kier molecular flexibility index (Phi) is 13.6. The van der Waals surface area contributed by atoms with E-state index in [1.54, 1.807) is 32.6 Å². The summed E-state index contributed by atoms with van der Waals surface area (Å²) in [4.78, 5) is 41.3. The van der Waals surface area contributed by atoms with Gasteiger partial charge < -0.3 is 20.3 Å². The van der Waals surface area contributed by atoms with Crippen molar-refractivity contribution in [1.29, 1.82) is 0 Å². The first-order chi connectivity index (χ1) is 16.9. The Morgan fingerprint density at radius 2 is 1.50 bits per heavy atom. The van der Waals surface area contributed by atoms with E-state index in [0.717, 1.165) is 61.6 Å². The Labute approximate surface area is 218 Å². The summed E-state index contributed by atoms with van der Waals surface area (Å²) in [7, 11) is 0. The van der Waals surface area contributed by atoms with Gasteiger partial charge in [-0.05, 0) is 59.9 Å². The van der Waals surface area contributed by atoms with Crippen LogP contribution in [0.3, 0.4) is 0 Å².